The zero-order chi connectivity index (χ0) is 21.0. The van der Waals surface area contributed by atoms with Crippen LogP contribution in [0.25, 0.3) is 0 Å². The Morgan fingerprint density at radius 1 is 1.21 bits per heavy atom. The van der Waals surface area contributed by atoms with Crippen LogP contribution in [-0.2, 0) is 11.3 Å². The summed E-state index contributed by atoms with van der Waals surface area (Å²) in [6, 6.07) is 13.0. The van der Waals surface area contributed by atoms with E-state index in [4.69, 9.17) is 0 Å². The van der Waals surface area contributed by atoms with Crippen molar-refractivity contribution in [2.75, 3.05) is 25.4 Å². The van der Waals surface area contributed by atoms with E-state index in [9.17, 15) is 9.18 Å². The summed E-state index contributed by atoms with van der Waals surface area (Å²) in [5, 5.41) is -0.0234. The van der Waals surface area contributed by atoms with E-state index in [1.54, 1.807) is 23.9 Å². The Labute approximate surface area is 178 Å². The van der Waals surface area contributed by atoms with Gasteiger partial charge < -0.3 is 4.90 Å². The van der Waals surface area contributed by atoms with E-state index in [2.05, 4.69) is 50.8 Å². The van der Waals surface area contributed by atoms with Gasteiger partial charge in [0, 0.05) is 25.4 Å². The standard InChI is InChI=1S/C24H31FN2OS/c1-17(2)14-26(15-21-13-18(3)5-6-19(21)4)16-23(28)27-11-12-29-24(27)20-7-9-22(25)10-8-20/h5-10,13,17,24H,11-12,14-16H2,1-4H3/t24-/m1/s1. The molecular formula is C24H31FN2OS. The highest BCUT2D eigenvalue weighted by Crippen LogP contribution is 2.38. The fraction of sp³-hybridized carbons (Fsp3) is 0.458. The van der Waals surface area contributed by atoms with Crippen molar-refractivity contribution in [3.63, 3.8) is 0 Å². The number of carbonyl (C=O) groups excluding carboxylic acids is 1. The van der Waals surface area contributed by atoms with Crippen LogP contribution in [0.4, 0.5) is 4.39 Å². The smallest absolute Gasteiger partial charge is 0.237 e. The monoisotopic (exact) mass is 414 g/mol. The summed E-state index contributed by atoms with van der Waals surface area (Å²) in [5.41, 5.74) is 4.78. The summed E-state index contributed by atoms with van der Waals surface area (Å²) in [6.07, 6.45) is 0. The Hall–Kier alpha value is -1.85. The number of aryl methyl sites for hydroxylation is 2. The molecule has 3 rings (SSSR count). The van der Waals surface area contributed by atoms with E-state index in [-0.39, 0.29) is 17.1 Å². The molecule has 0 aromatic heterocycles. The van der Waals surface area contributed by atoms with E-state index >= 15 is 0 Å². The molecule has 156 valence electrons. The minimum atomic E-state index is -0.244. The minimum Gasteiger partial charge on any atom is -0.325 e. The van der Waals surface area contributed by atoms with Gasteiger partial charge >= 0.3 is 0 Å². The van der Waals surface area contributed by atoms with Crippen molar-refractivity contribution in [2.45, 2.75) is 39.6 Å². The Morgan fingerprint density at radius 3 is 2.62 bits per heavy atom. The predicted octanol–water partition coefficient (Wildman–Crippen LogP) is 5.17. The molecule has 1 saturated heterocycles. The third-order valence-corrected chi connectivity index (χ3v) is 6.51. The molecule has 0 N–H and O–H groups in total. The average molecular weight is 415 g/mol. The predicted molar refractivity (Wildman–Crippen MR) is 119 cm³/mol. The second-order valence-electron chi connectivity index (χ2n) is 8.36. The van der Waals surface area contributed by atoms with Crippen molar-refractivity contribution in [3.05, 3.63) is 70.5 Å². The first kappa shape index (κ1) is 21.8. The highest BCUT2D eigenvalue weighted by molar-refractivity contribution is 7.99. The Morgan fingerprint density at radius 2 is 1.93 bits per heavy atom. The van der Waals surface area contributed by atoms with Gasteiger partial charge in [-0.2, -0.15) is 0 Å². The van der Waals surface area contributed by atoms with Gasteiger partial charge in [-0.15, -0.1) is 11.8 Å². The molecule has 1 heterocycles. The second kappa shape index (κ2) is 9.77. The molecule has 1 fully saturated rings. The maximum absolute atomic E-state index is 13.3. The summed E-state index contributed by atoms with van der Waals surface area (Å²) in [5.74, 6) is 1.30. The molecule has 2 aromatic carbocycles. The SMILES string of the molecule is Cc1ccc(C)c(CN(CC(=O)N2CCS[C@@H]2c2ccc(F)cc2)CC(C)C)c1. The highest BCUT2D eigenvalue weighted by atomic mass is 32.2. The van der Waals surface area contributed by atoms with Crippen LogP contribution >= 0.6 is 11.8 Å². The maximum atomic E-state index is 13.3. The Balaban J connectivity index is 1.73. The van der Waals surface area contributed by atoms with E-state index in [1.807, 2.05) is 4.90 Å². The number of carbonyl (C=O) groups is 1. The summed E-state index contributed by atoms with van der Waals surface area (Å²) in [6.45, 7) is 11.4. The zero-order valence-corrected chi connectivity index (χ0v) is 18.6. The number of rotatable bonds is 7. The average Bonchev–Trinajstić information content (AvgIpc) is 3.14. The number of hydrogen-bond donors (Lipinski definition) is 0. The van der Waals surface area contributed by atoms with Crippen LogP contribution in [0.5, 0.6) is 0 Å². The summed E-state index contributed by atoms with van der Waals surface area (Å²) < 4.78 is 13.3. The molecule has 0 spiro atoms. The molecule has 3 nitrogen and oxygen atoms in total. The maximum Gasteiger partial charge on any atom is 0.237 e. The third-order valence-electron chi connectivity index (χ3n) is 5.25. The highest BCUT2D eigenvalue weighted by Gasteiger charge is 2.31. The lowest BCUT2D eigenvalue weighted by atomic mass is 10.0. The van der Waals surface area contributed by atoms with E-state index < -0.39 is 0 Å². The van der Waals surface area contributed by atoms with Gasteiger partial charge in [-0.05, 0) is 48.6 Å². The van der Waals surface area contributed by atoms with Crippen LogP contribution in [0.3, 0.4) is 0 Å². The summed E-state index contributed by atoms with van der Waals surface area (Å²) in [7, 11) is 0. The van der Waals surface area contributed by atoms with Crippen LogP contribution in [0.15, 0.2) is 42.5 Å². The number of hydrogen-bond acceptors (Lipinski definition) is 3. The molecular weight excluding hydrogens is 383 g/mol. The molecule has 0 unspecified atom stereocenters. The first-order chi connectivity index (χ1) is 13.8. The molecule has 0 bridgehead atoms. The van der Waals surface area contributed by atoms with Crippen LogP contribution < -0.4 is 0 Å². The van der Waals surface area contributed by atoms with E-state index in [0.29, 0.717) is 12.5 Å². The van der Waals surface area contributed by atoms with Crippen molar-refractivity contribution >= 4 is 17.7 Å². The molecule has 2 aromatic rings. The van der Waals surface area contributed by atoms with Crippen molar-refractivity contribution in [1.82, 2.24) is 9.80 Å². The first-order valence-corrected chi connectivity index (χ1v) is 11.3. The molecule has 1 aliphatic rings. The molecule has 1 aliphatic heterocycles. The van der Waals surface area contributed by atoms with Crippen LogP contribution in [0.2, 0.25) is 0 Å². The van der Waals surface area contributed by atoms with Gasteiger partial charge in [-0.25, -0.2) is 4.39 Å². The van der Waals surface area contributed by atoms with Crippen molar-refractivity contribution in [3.8, 4) is 0 Å². The number of benzene rings is 2. The fourth-order valence-corrected chi connectivity index (χ4v) is 5.10. The number of amides is 1. The molecule has 1 atom stereocenters. The lowest BCUT2D eigenvalue weighted by Gasteiger charge is -2.29. The molecule has 29 heavy (non-hydrogen) atoms. The first-order valence-electron chi connectivity index (χ1n) is 10.3. The lowest BCUT2D eigenvalue weighted by Crippen LogP contribution is -2.41. The van der Waals surface area contributed by atoms with Crippen LogP contribution in [0.1, 0.15) is 41.5 Å². The van der Waals surface area contributed by atoms with Crippen molar-refractivity contribution in [2.24, 2.45) is 5.92 Å². The van der Waals surface area contributed by atoms with E-state index in [1.165, 1.54) is 28.8 Å². The largest absolute Gasteiger partial charge is 0.325 e. The Bertz CT molecular complexity index is 837. The van der Waals surface area contributed by atoms with Crippen molar-refractivity contribution < 1.29 is 9.18 Å². The summed E-state index contributed by atoms with van der Waals surface area (Å²) >= 11 is 1.75. The van der Waals surface area contributed by atoms with Gasteiger partial charge in [0.2, 0.25) is 5.91 Å². The molecule has 5 heteroatoms. The fourth-order valence-electron chi connectivity index (χ4n) is 3.82. The zero-order valence-electron chi connectivity index (χ0n) is 17.8. The van der Waals surface area contributed by atoms with Gasteiger partial charge in [-0.1, -0.05) is 49.7 Å². The molecule has 1 amide bonds. The topological polar surface area (TPSA) is 23.6 Å². The van der Waals surface area contributed by atoms with Gasteiger partial charge in [0.1, 0.15) is 11.2 Å². The van der Waals surface area contributed by atoms with Gasteiger partial charge in [0.25, 0.3) is 0 Å². The van der Waals surface area contributed by atoms with Crippen molar-refractivity contribution in [1.29, 1.82) is 0 Å². The minimum absolute atomic E-state index is 0.0234. The molecule has 0 radical (unpaired) electrons. The third kappa shape index (κ3) is 5.83. The quantitative estimate of drug-likeness (QED) is 0.624. The normalized spacial score (nSPS) is 16.8. The Kier molecular flexibility index (Phi) is 7.36. The molecule has 0 saturated carbocycles. The van der Waals surface area contributed by atoms with Gasteiger partial charge in [-0.3, -0.25) is 9.69 Å². The number of nitrogens with zero attached hydrogens (tertiary/aromatic N) is 2. The van der Waals surface area contributed by atoms with E-state index in [0.717, 1.165) is 31.0 Å². The van der Waals surface area contributed by atoms with Gasteiger partial charge in [0.05, 0.1) is 6.54 Å². The van der Waals surface area contributed by atoms with Crippen LogP contribution in [0, 0.1) is 25.6 Å². The summed E-state index contributed by atoms with van der Waals surface area (Å²) in [4.78, 5) is 17.4. The number of thioether (sulfide) groups is 1. The lowest BCUT2D eigenvalue weighted by molar-refractivity contribution is -0.132. The second-order valence-corrected chi connectivity index (χ2v) is 9.54. The van der Waals surface area contributed by atoms with Crippen LogP contribution in [-0.4, -0.2) is 41.1 Å². The molecule has 0 aliphatic carbocycles. The van der Waals surface area contributed by atoms with Gasteiger partial charge in [0.15, 0.2) is 0 Å². The number of halogens is 1.